The Morgan fingerprint density at radius 2 is 1.87 bits per heavy atom. The van der Waals surface area contributed by atoms with Crippen LogP contribution in [0.4, 0.5) is 8.78 Å². The molecule has 0 aliphatic carbocycles. The summed E-state index contributed by atoms with van der Waals surface area (Å²) in [5.74, 6) is -4.80. The predicted octanol–water partition coefficient (Wildman–Crippen LogP) is 1.07. The maximum absolute atomic E-state index is 12.9. The number of aromatic carboxylic acids is 1. The molecule has 0 saturated carbocycles. The first-order valence-corrected chi connectivity index (χ1v) is 5.55. The smallest absolute Gasteiger partial charge is 0.338 e. The van der Waals surface area contributed by atoms with Gasteiger partial charge >= 0.3 is 5.97 Å². The molecule has 82 valence electrons. The van der Waals surface area contributed by atoms with Crippen LogP contribution in [0.3, 0.4) is 0 Å². The quantitative estimate of drug-likeness (QED) is 0.779. The van der Waals surface area contributed by atoms with Crippen LogP contribution in [0.1, 0.15) is 10.4 Å². The molecule has 0 amide bonds. The topological polar surface area (TPSA) is 71.4 Å². The van der Waals surface area contributed by atoms with Gasteiger partial charge in [0.25, 0.3) is 0 Å². The standard InChI is InChI=1S/C8H6F2O4S/c1-15(13,14)4-2-5(8(11)12)7(10)6(9)3-4/h2-3H,1H3,(H,11,12). The summed E-state index contributed by atoms with van der Waals surface area (Å²) in [6.45, 7) is 0. The molecule has 0 aliphatic rings. The zero-order chi connectivity index (χ0) is 11.8. The molecular weight excluding hydrogens is 230 g/mol. The van der Waals surface area contributed by atoms with E-state index >= 15 is 0 Å². The van der Waals surface area contributed by atoms with Gasteiger partial charge in [-0.25, -0.2) is 22.0 Å². The molecule has 0 fully saturated rings. The Balaban J connectivity index is 3.57. The van der Waals surface area contributed by atoms with E-state index in [-0.39, 0.29) is 0 Å². The second-order valence-corrected chi connectivity index (χ2v) is 4.86. The van der Waals surface area contributed by atoms with Crippen molar-refractivity contribution in [2.75, 3.05) is 6.26 Å². The van der Waals surface area contributed by atoms with E-state index in [0.29, 0.717) is 12.1 Å². The Morgan fingerprint density at radius 3 is 2.27 bits per heavy atom. The van der Waals surface area contributed by atoms with Crippen LogP contribution in [-0.4, -0.2) is 25.7 Å². The molecule has 0 aromatic heterocycles. The lowest BCUT2D eigenvalue weighted by atomic mass is 10.2. The zero-order valence-corrected chi connectivity index (χ0v) is 8.31. The molecule has 0 radical (unpaired) electrons. The highest BCUT2D eigenvalue weighted by atomic mass is 32.2. The minimum absolute atomic E-state index is 0.442. The van der Waals surface area contributed by atoms with Crippen LogP contribution < -0.4 is 0 Å². The Bertz CT molecular complexity index is 522. The Morgan fingerprint density at radius 1 is 1.33 bits per heavy atom. The molecule has 1 aromatic carbocycles. The van der Waals surface area contributed by atoms with Crippen molar-refractivity contribution >= 4 is 15.8 Å². The van der Waals surface area contributed by atoms with Crippen molar-refractivity contribution in [3.05, 3.63) is 29.3 Å². The van der Waals surface area contributed by atoms with Crippen LogP contribution in [0.5, 0.6) is 0 Å². The number of halogens is 2. The van der Waals surface area contributed by atoms with Crippen molar-refractivity contribution in [3.63, 3.8) is 0 Å². The Kier molecular flexibility index (Phi) is 2.76. The first-order valence-electron chi connectivity index (χ1n) is 3.66. The van der Waals surface area contributed by atoms with E-state index in [0.717, 1.165) is 6.26 Å². The zero-order valence-electron chi connectivity index (χ0n) is 7.49. The van der Waals surface area contributed by atoms with Gasteiger partial charge in [-0.1, -0.05) is 0 Å². The maximum atomic E-state index is 12.9. The number of carbonyl (C=O) groups is 1. The highest BCUT2D eigenvalue weighted by Crippen LogP contribution is 2.18. The predicted molar refractivity (Wildman–Crippen MR) is 46.4 cm³/mol. The van der Waals surface area contributed by atoms with Gasteiger partial charge in [0.2, 0.25) is 0 Å². The summed E-state index contributed by atoms with van der Waals surface area (Å²) < 4.78 is 47.7. The fraction of sp³-hybridized carbons (Fsp3) is 0.125. The van der Waals surface area contributed by atoms with E-state index in [1.807, 2.05) is 0 Å². The molecule has 0 aliphatic heterocycles. The molecule has 4 nitrogen and oxygen atoms in total. The molecule has 0 atom stereocenters. The Labute approximate surface area is 84.1 Å². The van der Waals surface area contributed by atoms with Crippen LogP contribution in [0, 0.1) is 11.6 Å². The number of sulfone groups is 1. The first kappa shape index (κ1) is 11.6. The van der Waals surface area contributed by atoms with E-state index < -0.39 is 37.9 Å². The fourth-order valence-corrected chi connectivity index (χ4v) is 1.58. The van der Waals surface area contributed by atoms with E-state index in [2.05, 4.69) is 0 Å². The second kappa shape index (κ2) is 3.58. The highest BCUT2D eigenvalue weighted by molar-refractivity contribution is 7.90. The van der Waals surface area contributed by atoms with Gasteiger partial charge in [0, 0.05) is 6.26 Å². The van der Waals surface area contributed by atoms with Gasteiger partial charge in [-0.05, 0) is 12.1 Å². The van der Waals surface area contributed by atoms with Crippen molar-refractivity contribution in [2.45, 2.75) is 4.90 Å². The van der Waals surface area contributed by atoms with Crippen LogP contribution in [0.15, 0.2) is 17.0 Å². The molecule has 0 bridgehead atoms. The highest BCUT2D eigenvalue weighted by Gasteiger charge is 2.20. The van der Waals surface area contributed by atoms with Crippen molar-refractivity contribution in [1.82, 2.24) is 0 Å². The van der Waals surface area contributed by atoms with Crippen LogP contribution in [0.25, 0.3) is 0 Å². The van der Waals surface area contributed by atoms with E-state index in [9.17, 15) is 22.0 Å². The number of hydrogen-bond donors (Lipinski definition) is 1. The summed E-state index contributed by atoms with van der Waals surface area (Å²) in [7, 11) is -3.77. The molecule has 0 saturated heterocycles. The summed E-state index contributed by atoms with van der Waals surface area (Å²) in [4.78, 5) is 9.88. The third-order valence-corrected chi connectivity index (χ3v) is 2.75. The molecule has 1 aromatic rings. The average Bonchev–Trinajstić information content (AvgIpc) is 2.06. The lowest BCUT2D eigenvalue weighted by molar-refractivity contribution is 0.0690. The number of benzene rings is 1. The van der Waals surface area contributed by atoms with Crippen molar-refractivity contribution in [3.8, 4) is 0 Å². The molecule has 1 N–H and O–H groups in total. The summed E-state index contributed by atoms with van der Waals surface area (Å²) in [6.07, 6.45) is 0.769. The minimum Gasteiger partial charge on any atom is -0.478 e. The summed E-state index contributed by atoms with van der Waals surface area (Å²) >= 11 is 0. The maximum Gasteiger partial charge on any atom is 0.338 e. The van der Waals surface area contributed by atoms with Gasteiger partial charge in [0.05, 0.1) is 10.5 Å². The summed E-state index contributed by atoms with van der Waals surface area (Å²) in [6, 6.07) is 1.02. The van der Waals surface area contributed by atoms with Crippen molar-refractivity contribution < 1.29 is 27.1 Å². The van der Waals surface area contributed by atoms with Crippen molar-refractivity contribution in [1.29, 1.82) is 0 Å². The fourth-order valence-electron chi connectivity index (χ4n) is 0.934. The number of carboxylic acid groups (broad SMARTS) is 1. The average molecular weight is 236 g/mol. The molecule has 1 rings (SSSR count). The number of hydrogen-bond acceptors (Lipinski definition) is 3. The largest absolute Gasteiger partial charge is 0.478 e. The van der Waals surface area contributed by atoms with Crippen LogP contribution in [-0.2, 0) is 9.84 Å². The molecule has 0 heterocycles. The van der Waals surface area contributed by atoms with Gasteiger partial charge in [0.15, 0.2) is 21.5 Å². The van der Waals surface area contributed by atoms with Crippen LogP contribution in [0.2, 0.25) is 0 Å². The SMILES string of the molecule is CS(=O)(=O)c1cc(F)c(F)c(C(=O)O)c1. The monoisotopic (exact) mass is 236 g/mol. The van der Waals surface area contributed by atoms with Crippen LogP contribution >= 0.6 is 0 Å². The first-order chi connectivity index (χ1) is 6.73. The van der Waals surface area contributed by atoms with Gasteiger partial charge in [0.1, 0.15) is 0 Å². The number of carboxylic acids is 1. The second-order valence-electron chi connectivity index (χ2n) is 2.84. The summed E-state index contributed by atoms with van der Waals surface area (Å²) in [5.41, 5.74) is -1.00. The van der Waals surface area contributed by atoms with Gasteiger partial charge < -0.3 is 5.11 Å². The van der Waals surface area contributed by atoms with Crippen molar-refractivity contribution in [2.24, 2.45) is 0 Å². The molecule has 0 unspecified atom stereocenters. The lowest BCUT2D eigenvalue weighted by Gasteiger charge is -2.02. The molecule has 0 spiro atoms. The normalized spacial score (nSPS) is 11.4. The minimum atomic E-state index is -3.77. The van der Waals surface area contributed by atoms with Gasteiger partial charge in [-0.15, -0.1) is 0 Å². The third-order valence-electron chi connectivity index (χ3n) is 1.66. The van der Waals surface area contributed by atoms with Gasteiger partial charge in [-0.3, -0.25) is 0 Å². The molecule has 7 heteroatoms. The Hall–Kier alpha value is -1.50. The van der Waals surface area contributed by atoms with E-state index in [4.69, 9.17) is 5.11 Å². The van der Waals surface area contributed by atoms with E-state index in [1.54, 1.807) is 0 Å². The third kappa shape index (κ3) is 2.30. The summed E-state index contributed by atoms with van der Waals surface area (Å²) in [5, 5.41) is 8.48. The molecular formula is C8H6F2O4S. The molecule has 15 heavy (non-hydrogen) atoms. The van der Waals surface area contributed by atoms with Gasteiger partial charge in [-0.2, -0.15) is 0 Å². The lowest BCUT2D eigenvalue weighted by Crippen LogP contribution is -2.07. The van der Waals surface area contributed by atoms with E-state index in [1.165, 1.54) is 0 Å². The number of rotatable bonds is 2.